The first-order valence-electron chi connectivity index (χ1n) is 9.04. The molecule has 1 heterocycles. The summed E-state index contributed by atoms with van der Waals surface area (Å²) in [6.45, 7) is 0.928. The number of carbonyl (C=O) groups is 1. The summed E-state index contributed by atoms with van der Waals surface area (Å²) in [4.78, 5) is 12.8. The smallest absolute Gasteiger partial charge is 0.272 e. The first-order chi connectivity index (χ1) is 12.9. The van der Waals surface area contributed by atoms with Crippen LogP contribution >= 0.6 is 0 Å². The molecule has 144 valence electrons. The Morgan fingerprint density at radius 3 is 2.74 bits per heavy atom. The van der Waals surface area contributed by atoms with Gasteiger partial charge in [-0.25, -0.2) is 13.5 Å². The molecule has 1 amide bonds. The highest BCUT2D eigenvalue weighted by Crippen LogP contribution is 2.57. The highest BCUT2D eigenvalue weighted by atomic mass is 19.1. The normalized spacial score (nSPS) is 20.3. The number of hydrogen-bond donors (Lipinski definition) is 3. The van der Waals surface area contributed by atoms with E-state index < -0.39 is 36.3 Å². The Morgan fingerprint density at radius 1 is 1.37 bits per heavy atom. The van der Waals surface area contributed by atoms with Crippen molar-refractivity contribution in [3.05, 3.63) is 46.8 Å². The molecule has 2 atom stereocenters. The molecule has 0 spiro atoms. The van der Waals surface area contributed by atoms with Gasteiger partial charge in [-0.1, -0.05) is 6.92 Å². The van der Waals surface area contributed by atoms with Gasteiger partial charge in [0.2, 0.25) is 0 Å². The lowest BCUT2D eigenvalue weighted by Crippen LogP contribution is -2.54. The molecular formula is C19H21F2N3O3. The van der Waals surface area contributed by atoms with Crippen molar-refractivity contribution >= 4 is 5.91 Å². The van der Waals surface area contributed by atoms with Gasteiger partial charge in [0.25, 0.3) is 5.91 Å². The van der Waals surface area contributed by atoms with Crippen LogP contribution in [0.1, 0.15) is 47.4 Å². The maximum Gasteiger partial charge on any atom is 0.272 e. The second kappa shape index (κ2) is 6.38. The largest absolute Gasteiger partial charge is 0.394 e. The van der Waals surface area contributed by atoms with E-state index in [4.69, 9.17) is 0 Å². The summed E-state index contributed by atoms with van der Waals surface area (Å²) in [6, 6.07) is 3.26. The SMILES string of the molecule is CCC(CO)(CO)NC(=O)c1nn(-c2ccc(F)cc2F)c2c1C[C@H]1C[C@@H]21. The molecule has 1 fully saturated rings. The van der Waals surface area contributed by atoms with Crippen LogP contribution in [-0.4, -0.2) is 44.7 Å². The Balaban J connectivity index is 1.76. The first kappa shape index (κ1) is 18.1. The molecule has 4 rings (SSSR count). The molecule has 3 N–H and O–H groups in total. The third kappa shape index (κ3) is 2.83. The quantitative estimate of drug-likeness (QED) is 0.715. The number of aliphatic hydroxyl groups is 2. The summed E-state index contributed by atoms with van der Waals surface area (Å²) in [6.07, 6.45) is 1.99. The van der Waals surface area contributed by atoms with Crippen molar-refractivity contribution in [1.82, 2.24) is 15.1 Å². The molecule has 1 aromatic carbocycles. The van der Waals surface area contributed by atoms with Gasteiger partial charge in [0.05, 0.1) is 24.4 Å². The number of amides is 1. The lowest BCUT2D eigenvalue weighted by molar-refractivity contribution is 0.0648. The summed E-state index contributed by atoms with van der Waals surface area (Å²) >= 11 is 0. The average molecular weight is 377 g/mol. The molecule has 0 radical (unpaired) electrons. The van der Waals surface area contributed by atoms with Gasteiger partial charge < -0.3 is 15.5 Å². The van der Waals surface area contributed by atoms with Crippen molar-refractivity contribution in [2.45, 2.75) is 37.6 Å². The van der Waals surface area contributed by atoms with E-state index in [0.717, 1.165) is 29.8 Å². The second-order valence-electron chi connectivity index (χ2n) is 7.43. The predicted octanol–water partition coefficient (Wildman–Crippen LogP) is 1.67. The zero-order valence-electron chi connectivity index (χ0n) is 14.9. The molecule has 8 heteroatoms. The van der Waals surface area contributed by atoms with Crippen LogP contribution in [0.3, 0.4) is 0 Å². The minimum absolute atomic E-state index is 0.102. The summed E-state index contributed by atoms with van der Waals surface area (Å²) in [7, 11) is 0. The molecule has 0 aliphatic heterocycles. The molecule has 2 aliphatic carbocycles. The van der Waals surface area contributed by atoms with E-state index in [-0.39, 0.29) is 17.3 Å². The van der Waals surface area contributed by atoms with Gasteiger partial charge in [-0.3, -0.25) is 4.79 Å². The predicted molar refractivity (Wildman–Crippen MR) is 92.7 cm³/mol. The summed E-state index contributed by atoms with van der Waals surface area (Å²) in [5, 5.41) is 26.2. The first-order valence-corrected chi connectivity index (χ1v) is 9.04. The van der Waals surface area contributed by atoms with Crippen molar-refractivity contribution in [2.75, 3.05) is 13.2 Å². The zero-order chi connectivity index (χ0) is 19.3. The van der Waals surface area contributed by atoms with Crippen LogP contribution in [-0.2, 0) is 6.42 Å². The van der Waals surface area contributed by atoms with Crippen LogP contribution in [0.15, 0.2) is 18.2 Å². The minimum Gasteiger partial charge on any atom is -0.394 e. The zero-order valence-corrected chi connectivity index (χ0v) is 14.9. The lowest BCUT2D eigenvalue weighted by Gasteiger charge is -2.29. The lowest BCUT2D eigenvalue weighted by atomic mass is 9.98. The number of halogens is 2. The monoisotopic (exact) mass is 377 g/mol. The van der Waals surface area contributed by atoms with Crippen molar-refractivity contribution in [1.29, 1.82) is 0 Å². The Hall–Kier alpha value is -2.32. The van der Waals surface area contributed by atoms with Crippen LogP contribution in [0.25, 0.3) is 5.69 Å². The Bertz CT molecular complexity index is 900. The Kier molecular flexibility index (Phi) is 4.27. The highest BCUT2D eigenvalue weighted by Gasteiger charge is 2.50. The van der Waals surface area contributed by atoms with Crippen LogP contribution in [0, 0.1) is 17.6 Å². The third-order valence-corrected chi connectivity index (χ3v) is 5.78. The number of nitrogens with one attached hydrogen (secondary N) is 1. The standard InChI is InChI=1S/C19H21F2N3O3/c1-2-19(8-25,9-26)22-18(27)16-13-6-10-5-12(10)17(13)24(23-16)15-4-3-11(20)7-14(15)21/h3-4,7,10,12,25-26H,2,5-6,8-9H2,1H3,(H,22,27)/t10-,12-/m1/s1. The molecule has 2 aromatic rings. The average Bonchev–Trinajstić information content (AvgIpc) is 3.16. The van der Waals surface area contributed by atoms with Gasteiger partial charge in [0.1, 0.15) is 11.5 Å². The van der Waals surface area contributed by atoms with Crippen LogP contribution in [0.4, 0.5) is 8.78 Å². The fourth-order valence-electron chi connectivity index (χ4n) is 3.88. The Labute approximate surface area is 154 Å². The molecule has 2 aliphatic rings. The summed E-state index contributed by atoms with van der Waals surface area (Å²) in [5.74, 6) is -1.29. The molecule has 27 heavy (non-hydrogen) atoms. The number of hydrogen-bond acceptors (Lipinski definition) is 4. The number of aromatic nitrogens is 2. The molecule has 1 aromatic heterocycles. The maximum absolute atomic E-state index is 14.3. The van der Waals surface area contributed by atoms with Crippen molar-refractivity contribution in [3.63, 3.8) is 0 Å². The van der Waals surface area contributed by atoms with Crippen LogP contribution in [0.5, 0.6) is 0 Å². The third-order valence-electron chi connectivity index (χ3n) is 5.78. The van der Waals surface area contributed by atoms with Gasteiger partial charge >= 0.3 is 0 Å². The number of carbonyl (C=O) groups excluding carboxylic acids is 1. The van der Waals surface area contributed by atoms with Gasteiger partial charge in [0.15, 0.2) is 11.5 Å². The topological polar surface area (TPSA) is 87.4 Å². The van der Waals surface area contributed by atoms with E-state index in [9.17, 15) is 23.8 Å². The molecular weight excluding hydrogens is 356 g/mol. The number of nitrogens with zero attached hydrogens (tertiary/aromatic N) is 2. The van der Waals surface area contributed by atoms with Crippen LogP contribution in [0.2, 0.25) is 0 Å². The van der Waals surface area contributed by atoms with E-state index >= 15 is 0 Å². The van der Waals surface area contributed by atoms with Gasteiger partial charge in [-0.2, -0.15) is 5.10 Å². The molecule has 0 saturated heterocycles. The van der Waals surface area contributed by atoms with E-state index in [1.807, 2.05) is 0 Å². The van der Waals surface area contributed by atoms with Gasteiger partial charge in [-0.05, 0) is 37.3 Å². The molecule has 1 saturated carbocycles. The Morgan fingerprint density at radius 2 is 2.11 bits per heavy atom. The van der Waals surface area contributed by atoms with Gasteiger partial charge in [-0.15, -0.1) is 0 Å². The second-order valence-corrected chi connectivity index (χ2v) is 7.43. The summed E-state index contributed by atoms with van der Waals surface area (Å²) in [5.41, 5.74) is 0.686. The number of benzene rings is 1. The van der Waals surface area contributed by atoms with Gasteiger partial charge in [0, 0.05) is 17.5 Å². The van der Waals surface area contributed by atoms with Crippen molar-refractivity contribution < 1.29 is 23.8 Å². The molecule has 6 nitrogen and oxygen atoms in total. The maximum atomic E-state index is 14.3. The van der Waals surface area contributed by atoms with Crippen LogP contribution < -0.4 is 5.32 Å². The minimum atomic E-state index is -1.14. The molecule has 0 unspecified atom stereocenters. The van der Waals surface area contributed by atoms with Crippen molar-refractivity contribution in [3.8, 4) is 5.69 Å². The number of aliphatic hydroxyl groups excluding tert-OH is 2. The highest BCUT2D eigenvalue weighted by molar-refractivity contribution is 5.95. The van der Waals surface area contributed by atoms with E-state index in [1.54, 1.807) is 6.92 Å². The fraction of sp³-hybridized carbons (Fsp3) is 0.474. The van der Waals surface area contributed by atoms with E-state index in [0.29, 0.717) is 18.8 Å². The molecule has 0 bridgehead atoms. The van der Waals surface area contributed by atoms with E-state index in [2.05, 4.69) is 10.4 Å². The van der Waals surface area contributed by atoms with Crippen molar-refractivity contribution in [2.24, 2.45) is 5.92 Å². The summed E-state index contributed by atoms with van der Waals surface area (Å²) < 4.78 is 29.0. The van der Waals surface area contributed by atoms with E-state index in [1.165, 1.54) is 10.7 Å². The number of rotatable bonds is 6. The fourth-order valence-corrected chi connectivity index (χ4v) is 3.88. The number of fused-ring (bicyclic) bond motifs is 3.